The highest BCUT2D eigenvalue weighted by Gasteiger charge is 2.47. The first-order valence-corrected chi connectivity index (χ1v) is 9.58. The van der Waals surface area contributed by atoms with Crippen molar-refractivity contribution < 1.29 is 32.7 Å². The lowest BCUT2D eigenvalue weighted by atomic mass is 9.81. The van der Waals surface area contributed by atoms with E-state index in [1.165, 1.54) is 6.92 Å². The first-order chi connectivity index (χ1) is 13.8. The number of esters is 1. The Morgan fingerprint density at radius 3 is 2.41 bits per heavy atom. The summed E-state index contributed by atoms with van der Waals surface area (Å²) in [6.07, 6.45) is 1.68. The van der Waals surface area contributed by atoms with Gasteiger partial charge in [0, 0.05) is 12.6 Å². The number of halogens is 2. The molecule has 0 bridgehead atoms. The van der Waals surface area contributed by atoms with Crippen molar-refractivity contribution in [2.45, 2.75) is 45.1 Å². The molecule has 1 aliphatic carbocycles. The first kappa shape index (κ1) is 20.9. The average Bonchev–Trinajstić information content (AvgIpc) is 2.93. The lowest BCUT2D eigenvalue weighted by molar-refractivity contribution is -0.154. The SMILES string of the molecule is C[C@@H](OC(=O)CCN1C(=O)[C@H]2CCCC[C@@H]2C1=O)C(=O)Nc1cc(F)ccc1F. The first-order valence-electron chi connectivity index (χ1n) is 9.58. The summed E-state index contributed by atoms with van der Waals surface area (Å²) < 4.78 is 31.7. The Morgan fingerprint density at radius 2 is 1.79 bits per heavy atom. The standard InChI is InChI=1S/C20H22F2N2O5/c1-11(18(26)23-16-10-12(21)6-7-15(16)22)29-17(25)8-9-24-19(27)13-4-2-3-5-14(13)20(24)28/h6-7,10-11,13-14H,2-5,8-9H2,1H3,(H,23,26)/t11-,13+,14+/m1/s1. The third-order valence-corrected chi connectivity index (χ3v) is 5.34. The largest absolute Gasteiger partial charge is 0.452 e. The predicted octanol–water partition coefficient (Wildman–Crippen LogP) is 2.40. The van der Waals surface area contributed by atoms with Crippen LogP contribution in [0.25, 0.3) is 0 Å². The number of carbonyl (C=O) groups is 4. The van der Waals surface area contributed by atoms with Gasteiger partial charge >= 0.3 is 5.97 Å². The van der Waals surface area contributed by atoms with E-state index in [0.29, 0.717) is 12.8 Å². The number of carbonyl (C=O) groups excluding carboxylic acids is 4. The molecule has 0 aromatic heterocycles. The van der Waals surface area contributed by atoms with E-state index in [1.54, 1.807) is 0 Å². The number of benzene rings is 1. The van der Waals surface area contributed by atoms with Gasteiger partial charge in [0.25, 0.3) is 5.91 Å². The maximum absolute atomic E-state index is 13.6. The van der Waals surface area contributed by atoms with Crippen LogP contribution in [-0.2, 0) is 23.9 Å². The molecule has 3 rings (SSSR count). The Hall–Kier alpha value is -2.84. The highest BCUT2D eigenvalue weighted by atomic mass is 19.1. The fraction of sp³-hybridized carbons (Fsp3) is 0.500. The van der Waals surface area contributed by atoms with E-state index in [-0.39, 0.29) is 42.3 Å². The zero-order valence-electron chi connectivity index (χ0n) is 16.0. The maximum Gasteiger partial charge on any atom is 0.308 e. The molecule has 2 aliphatic rings. The number of anilines is 1. The molecule has 1 N–H and O–H groups in total. The van der Waals surface area contributed by atoms with Gasteiger partial charge in [-0.15, -0.1) is 0 Å². The number of nitrogens with one attached hydrogen (secondary N) is 1. The summed E-state index contributed by atoms with van der Waals surface area (Å²) in [6, 6.07) is 2.58. The average molecular weight is 408 g/mol. The summed E-state index contributed by atoms with van der Waals surface area (Å²) in [7, 11) is 0. The van der Waals surface area contributed by atoms with E-state index in [1.807, 2.05) is 0 Å². The van der Waals surface area contributed by atoms with Crippen molar-refractivity contribution in [2.75, 3.05) is 11.9 Å². The van der Waals surface area contributed by atoms with E-state index in [9.17, 15) is 28.0 Å². The number of hydrogen-bond acceptors (Lipinski definition) is 5. The molecule has 1 aliphatic heterocycles. The van der Waals surface area contributed by atoms with Gasteiger partial charge in [-0.25, -0.2) is 8.78 Å². The quantitative estimate of drug-likeness (QED) is 0.576. The molecule has 7 nitrogen and oxygen atoms in total. The summed E-state index contributed by atoms with van der Waals surface area (Å²) in [5, 5.41) is 2.15. The monoisotopic (exact) mass is 408 g/mol. The van der Waals surface area contributed by atoms with Gasteiger partial charge in [-0.05, 0) is 31.9 Å². The van der Waals surface area contributed by atoms with Crippen LogP contribution in [0.1, 0.15) is 39.0 Å². The Balaban J connectivity index is 1.50. The zero-order valence-corrected chi connectivity index (χ0v) is 16.0. The molecular formula is C20H22F2N2O5. The van der Waals surface area contributed by atoms with Crippen LogP contribution in [0.2, 0.25) is 0 Å². The summed E-state index contributed by atoms with van der Waals surface area (Å²) in [4.78, 5) is 49.9. The van der Waals surface area contributed by atoms with Crippen LogP contribution in [0.5, 0.6) is 0 Å². The highest BCUT2D eigenvalue weighted by Crippen LogP contribution is 2.37. The van der Waals surface area contributed by atoms with Crippen LogP contribution in [-0.4, -0.2) is 41.2 Å². The Morgan fingerprint density at radius 1 is 1.17 bits per heavy atom. The minimum absolute atomic E-state index is 0.101. The summed E-state index contributed by atoms with van der Waals surface area (Å²) in [6.45, 7) is 1.18. The molecule has 1 saturated carbocycles. The highest BCUT2D eigenvalue weighted by molar-refractivity contribution is 6.05. The molecule has 0 spiro atoms. The van der Waals surface area contributed by atoms with Crippen molar-refractivity contribution in [2.24, 2.45) is 11.8 Å². The molecule has 156 valence electrons. The lowest BCUT2D eigenvalue weighted by Crippen LogP contribution is -2.35. The van der Waals surface area contributed by atoms with Crippen LogP contribution in [0, 0.1) is 23.5 Å². The van der Waals surface area contributed by atoms with Gasteiger partial charge in [0.2, 0.25) is 11.8 Å². The Kier molecular flexibility index (Phi) is 6.24. The number of hydrogen-bond donors (Lipinski definition) is 1. The third-order valence-electron chi connectivity index (χ3n) is 5.34. The molecule has 3 atom stereocenters. The van der Waals surface area contributed by atoms with Crippen LogP contribution < -0.4 is 5.32 Å². The lowest BCUT2D eigenvalue weighted by Gasteiger charge is -2.19. The summed E-state index contributed by atoms with van der Waals surface area (Å²) in [5.74, 6) is -4.25. The third kappa shape index (κ3) is 4.60. The minimum atomic E-state index is -1.27. The molecule has 0 unspecified atom stereocenters. The Bertz CT molecular complexity index is 820. The molecule has 9 heteroatoms. The van der Waals surface area contributed by atoms with E-state index < -0.39 is 29.6 Å². The van der Waals surface area contributed by atoms with Crippen molar-refractivity contribution in [1.82, 2.24) is 4.90 Å². The molecule has 1 aromatic rings. The summed E-state index contributed by atoms with van der Waals surface area (Å²) >= 11 is 0. The number of likely N-dealkylation sites (tertiary alicyclic amines) is 1. The van der Waals surface area contributed by atoms with Crippen molar-refractivity contribution in [3.63, 3.8) is 0 Å². The van der Waals surface area contributed by atoms with Gasteiger partial charge < -0.3 is 10.1 Å². The van der Waals surface area contributed by atoms with E-state index in [0.717, 1.165) is 35.9 Å². The van der Waals surface area contributed by atoms with Gasteiger partial charge in [0.05, 0.1) is 23.9 Å². The van der Waals surface area contributed by atoms with Gasteiger partial charge in [-0.3, -0.25) is 24.1 Å². The van der Waals surface area contributed by atoms with E-state index in [4.69, 9.17) is 4.74 Å². The fourth-order valence-electron chi connectivity index (χ4n) is 3.79. The number of amides is 3. The number of rotatable bonds is 6. The smallest absolute Gasteiger partial charge is 0.308 e. The van der Waals surface area contributed by atoms with E-state index in [2.05, 4.69) is 5.32 Å². The molecule has 1 aromatic carbocycles. The summed E-state index contributed by atoms with van der Waals surface area (Å²) in [5.41, 5.74) is -0.367. The number of ether oxygens (including phenoxy) is 1. The zero-order chi connectivity index (χ0) is 21.1. The van der Waals surface area contributed by atoms with Gasteiger partial charge in [0.15, 0.2) is 6.10 Å². The van der Waals surface area contributed by atoms with Crippen molar-refractivity contribution >= 4 is 29.4 Å². The molecule has 2 fully saturated rings. The molecule has 3 amide bonds. The number of nitrogens with zero attached hydrogens (tertiary/aromatic N) is 1. The van der Waals surface area contributed by atoms with E-state index >= 15 is 0 Å². The predicted molar refractivity (Wildman–Crippen MR) is 97.3 cm³/mol. The maximum atomic E-state index is 13.6. The molecular weight excluding hydrogens is 386 g/mol. The second kappa shape index (κ2) is 8.67. The number of fused-ring (bicyclic) bond motifs is 1. The van der Waals surface area contributed by atoms with Gasteiger partial charge in [0.1, 0.15) is 11.6 Å². The fourth-order valence-corrected chi connectivity index (χ4v) is 3.79. The normalized spacial score (nSPS) is 22.2. The van der Waals surface area contributed by atoms with Crippen LogP contribution in [0.4, 0.5) is 14.5 Å². The second-order valence-corrected chi connectivity index (χ2v) is 7.32. The Labute approximate surface area is 166 Å². The van der Waals surface area contributed by atoms with Crippen LogP contribution in [0.15, 0.2) is 18.2 Å². The number of imide groups is 1. The van der Waals surface area contributed by atoms with Gasteiger partial charge in [-0.2, -0.15) is 0 Å². The van der Waals surface area contributed by atoms with Crippen LogP contribution >= 0.6 is 0 Å². The van der Waals surface area contributed by atoms with Crippen molar-refractivity contribution in [1.29, 1.82) is 0 Å². The molecule has 29 heavy (non-hydrogen) atoms. The van der Waals surface area contributed by atoms with Crippen LogP contribution in [0.3, 0.4) is 0 Å². The molecule has 1 saturated heterocycles. The van der Waals surface area contributed by atoms with Gasteiger partial charge in [-0.1, -0.05) is 12.8 Å². The topological polar surface area (TPSA) is 92.8 Å². The van der Waals surface area contributed by atoms with Crippen molar-refractivity contribution in [3.05, 3.63) is 29.8 Å². The van der Waals surface area contributed by atoms with Crippen molar-refractivity contribution in [3.8, 4) is 0 Å². The molecule has 0 radical (unpaired) electrons. The second-order valence-electron chi connectivity index (χ2n) is 7.32. The molecule has 1 heterocycles. The minimum Gasteiger partial charge on any atom is -0.452 e.